The summed E-state index contributed by atoms with van der Waals surface area (Å²) in [4.78, 5) is 14.8. The van der Waals surface area contributed by atoms with E-state index in [0.29, 0.717) is 24.2 Å². The summed E-state index contributed by atoms with van der Waals surface area (Å²) < 4.78 is 0. The fourth-order valence-corrected chi connectivity index (χ4v) is 2.84. The van der Waals surface area contributed by atoms with Gasteiger partial charge in [-0.3, -0.25) is 9.69 Å². The summed E-state index contributed by atoms with van der Waals surface area (Å²) in [6.07, 6.45) is 3.63. The number of rotatable bonds is 2. The van der Waals surface area contributed by atoms with Gasteiger partial charge in [-0.15, -0.1) is 0 Å². The molecule has 0 aromatic heterocycles. The first-order chi connectivity index (χ1) is 11.5. The van der Waals surface area contributed by atoms with Gasteiger partial charge < -0.3 is 10.2 Å². The molecule has 0 radical (unpaired) electrons. The summed E-state index contributed by atoms with van der Waals surface area (Å²) in [5.41, 5.74) is 2.96. The maximum Gasteiger partial charge on any atom is 0.187 e. The summed E-state index contributed by atoms with van der Waals surface area (Å²) >= 11 is 0. The van der Waals surface area contributed by atoms with E-state index in [-0.39, 0.29) is 17.3 Å². The molecule has 1 heterocycles. The first kappa shape index (κ1) is 16.0. The van der Waals surface area contributed by atoms with E-state index in [1.165, 1.54) is 0 Å². The van der Waals surface area contributed by atoms with Gasteiger partial charge in [-0.25, -0.2) is 0 Å². The van der Waals surface area contributed by atoms with E-state index in [0.717, 1.165) is 11.1 Å². The quantitative estimate of drug-likeness (QED) is 0.835. The maximum atomic E-state index is 12.8. The fourth-order valence-electron chi connectivity index (χ4n) is 2.84. The largest absolute Gasteiger partial charge is 0.508 e. The van der Waals surface area contributed by atoms with Crippen LogP contribution in [0.25, 0.3) is 12.2 Å². The topological polar surface area (TPSA) is 60.8 Å². The number of carbonyl (C=O) groups excluding carboxylic acids is 1. The van der Waals surface area contributed by atoms with Crippen molar-refractivity contribution in [1.29, 1.82) is 0 Å². The molecule has 1 fully saturated rings. The van der Waals surface area contributed by atoms with Crippen LogP contribution in [0.4, 0.5) is 0 Å². The molecule has 1 aliphatic rings. The highest BCUT2D eigenvalue weighted by Crippen LogP contribution is 2.23. The number of carbonyl (C=O) groups is 1. The Morgan fingerprint density at radius 2 is 1.33 bits per heavy atom. The van der Waals surface area contributed by atoms with Crippen molar-refractivity contribution in [2.24, 2.45) is 0 Å². The predicted octanol–water partition coefficient (Wildman–Crippen LogP) is 3.08. The molecular formula is C20H19NO3. The number of ketones is 1. The Balaban J connectivity index is 1.94. The number of nitrogens with zero attached hydrogens (tertiary/aromatic N) is 1. The van der Waals surface area contributed by atoms with Crippen LogP contribution >= 0.6 is 0 Å². The van der Waals surface area contributed by atoms with Gasteiger partial charge in [0.2, 0.25) is 0 Å². The van der Waals surface area contributed by atoms with E-state index in [1.54, 1.807) is 36.4 Å². The van der Waals surface area contributed by atoms with E-state index in [9.17, 15) is 15.0 Å². The molecule has 3 rings (SSSR count). The van der Waals surface area contributed by atoms with E-state index >= 15 is 0 Å². The highest BCUT2D eigenvalue weighted by atomic mass is 16.3. The summed E-state index contributed by atoms with van der Waals surface area (Å²) in [5.74, 6) is 0.354. The van der Waals surface area contributed by atoms with Crippen molar-refractivity contribution in [3.8, 4) is 11.5 Å². The van der Waals surface area contributed by atoms with E-state index < -0.39 is 0 Å². The third-order valence-corrected chi connectivity index (χ3v) is 3.89. The average molecular weight is 321 g/mol. The zero-order valence-corrected chi connectivity index (χ0v) is 13.4. The van der Waals surface area contributed by atoms with Crippen molar-refractivity contribution in [3.63, 3.8) is 0 Å². The Kier molecular flexibility index (Phi) is 4.49. The van der Waals surface area contributed by atoms with E-state index in [4.69, 9.17) is 0 Å². The molecule has 2 N–H and O–H groups in total. The van der Waals surface area contributed by atoms with Crippen molar-refractivity contribution in [3.05, 3.63) is 70.8 Å². The van der Waals surface area contributed by atoms with Crippen LogP contribution in [0.15, 0.2) is 59.7 Å². The van der Waals surface area contributed by atoms with Crippen LogP contribution in [-0.2, 0) is 4.79 Å². The normalized spacial score (nSPS) is 19.1. The molecule has 1 aliphatic heterocycles. The van der Waals surface area contributed by atoms with Crippen molar-refractivity contribution >= 4 is 17.9 Å². The number of hydrogen-bond donors (Lipinski definition) is 2. The lowest BCUT2D eigenvalue weighted by molar-refractivity contribution is -0.113. The minimum absolute atomic E-state index is 0.000198. The molecule has 24 heavy (non-hydrogen) atoms. The molecule has 0 atom stereocenters. The number of aromatic hydroxyl groups is 2. The molecule has 0 spiro atoms. The van der Waals surface area contributed by atoms with Crippen LogP contribution in [0.3, 0.4) is 0 Å². The van der Waals surface area contributed by atoms with Gasteiger partial charge in [0.05, 0.1) is 0 Å². The Hall–Kier alpha value is -2.85. The molecular weight excluding hydrogens is 302 g/mol. The summed E-state index contributed by atoms with van der Waals surface area (Å²) in [5, 5.41) is 19.1. The molecule has 122 valence electrons. The third kappa shape index (κ3) is 3.73. The third-order valence-electron chi connectivity index (χ3n) is 3.89. The van der Waals surface area contributed by atoms with Crippen LogP contribution < -0.4 is 0 Å². The molecule has 2 aromatic rings. The molecule has 0 bridgehead atoms. The van der Waals surface area contributed by atoms with Gasteiger partial charge in [0.25, 0.3) is 0 Å². The van der Waals surface area contributed by atoms with Gasteiger partial charge in [-0.05, 0) is 54.6 Å². The molecule has 0 aliphatic carbocycles. The zero-order chi connectivity index (χ0) is 17.1. The van der Waals surface area contributed by atoms with Crippen molar-refractivity contribution in [1.82, 2.24) is 4.90 Å². The predicted molar refractivity (Wildman–Crippen MR) is 94.7 cm³/mol. The van der Waals surface area contributed by atoms with Crippen LogP contribution in [0.1, 0.15) is 11.1 Å². The second kappa shape index (κ2) is 6.72. The molecule has 4 heteroatoms. The molecule has 0 saturated carbocycles. The Bertz CT molecular complexity index is 769. The monoisotopic (exact) mass is 321 g/mol. The number of benzene rings is 2. The molecule has 4 nitrogen and oxygen atoms in total. The van der Waals surface area contributed by atoms with Gasteiger partial charge in [0.1, 0.15) is 11.5 Å². The second-order valence-electron chi connectivity index (χ2n) is 6.03. The average Bonchev–Trinajstić information content (AvgIpc) is 2.52. The van der Waals surface area contributed by atoms with Crippen LogP contribution in [-0.4, -0.2) is 41.0 Å². The fraction of sp³-hybridized carbons (Fsp3) is 0.150. The van der Waals surface area contributed by atoms with Gasteiger partial charge in [0, 0.05) is 24.2 Å². The smallest absolute Gasteiger partial charge is 0.187 e. The van der Waals surface area contributed by atoms with E-state index in [2.05, 4.69) is 4.90 Å². The summed E-state index contributed by atoms with van der Waals surface area (Å²) in [6, 6.07) is 13.7. The number of likely N-dealkylation sites (tertiary alicyclic amines) is 1. The second-order valence-corrected chi connectivity index (χ2v) is 6.03. The van der Waals surface area contributed by atoms with Crippen LogP contribution in [0.2, 0.25) is 0 Å². The van der Waals surface area contributed by atoms with Gasteiger partial charge >= 0.3 is 0 Å². The lowest BCUT2D eigenvalue weighted by Gasteiger charge is -2.26. The lowest BCUT2D eigenvalue weighted by Crippen LogP contribution is -2.34. The number of Topliss-reactive ketones (excluding diaryl/α,β-unsaturated/α-hetero) is 1. The van der Waals surface area contributed by atoms with Crippen LogP contribution in [0.5, 0.6) is 11.5 Å². The minimum atomic E-state index is -0.000198. The van der Waals surface area contributed by atoms with E-state index in [1.807, 2.05) is 31.3 Å². The molecule has 2 aromatic carbocycles. The highest BCUT2D eigenvalue weighted by molar-refractivity contribution is 6.14. The first-order valence-electron chi connectivity index (χ1n) is 7.74. The van der Waals surface area contributed by atoms with Crippen molar-refractivity contribution < 1.29 is 15.0 Å². The maximum absolute atomic E-state index is 12.8. The van der Waals surface area contributed by atoms with Crippen LogP contribution in [0, 0.1) is 0 Å². The van der Waals surface area contributed by atoms with Crippen molar-refractivity contribution in [2.45, 2.75) is 0 Å². The first-order valence-corrected chi connectivity index (χ1v) is 7.74. The number of phenols is 2. The minimum Gasteiger partial charge on any atom is -0.508 e. The molecule has 0 unspecified atom stereocenters. The Morgan fingerprint density at radius 1 is 0.875 bits per heavy atom. The highest BCUT2D eigenvalue weighted by Gasteiger charge is 2.23. The Morgan fingerprint density at radius 3 is 1.75 bits per heavy atom. The Labute approximate surface area is 141 Å². The van der Waals surface area contributed by atoms with Crippen molar-refractivity contribution in [2.75, 3.05) is 20.1 Å². The van der Waals surface area contributed by atoms with Gasteiger partial charge in [-0.2, -0.15) is 0 Å². The van der Waals surface area contributed by atoms with Gasteiger partial charge in [0.15, 0.2) is 5.78 Å². The summed E-state index contributed by atoms with van der Waals surface area (Å²) in [7, 11) is 1.96. The summed E-state index contributed by atoms with van der Waals surface area (Å²) in [6.45, 7) is 1.12. The number of hydrogen-bond acceptors (Lipinski definition) is 4. The molecule has 1 saturated heterocycles. The van der Waals surface area contributed by atoms with Gasteiger partial charge in [-0.1, -0.05) is 24.3 Å². The standard InChI is InChI=1S/C20H19NO3/c1-21-12-16(8-14-4-2-6-18(22)10-14)20(24)17(13-21)9-15-5-3-7-19(23)11-15/h2-11,22-23H,12-13H2,1H3/b16-8-,17-9-. The lowest BCUT2D eigenvalue weighted by atomic mass is 9.94. The zero-order valence-electron chi connectivity index (χ0n) is 13.4. The SMILES string of the molecule is CN1C/C(=C/c2cccc(O)c2)C(=O)/C(=C\c2cccc(O)c2)C1. The molecule has 0 amide bonds. The number of phenolic OH excluding ortho intramolecular Hbond substituents is 2. The number of piperidine rings is 1. The number of likely N-dealkylation sites (N-methyl/N-ethyl adjacent to an activating group) is 1.